The number of methoxy groups -OCH3 is 1. The molecule has 8 N–H and O–H groups in total. The molecular formula is C52H83N9O16S2. The molecule has 2 heterocycles. The highest BCUT2D eigenvalue weighted by molar-refractivity contribution is 8.00. The molecule has 1 aromatic rings. The van der Waals surface area contributed by atoms with Crippen LogP contribution in [-0.4, -0.2) is 197 Å². The molecule has 0 radical (unpaired) electrons. The smallest absolute Gasteiger partial charge is 0.408 e. The Morgan fingerprint density at radius 1 is 0.709 bits per heavy atom. The van der Waals surface area contributed by atoms with Crippen LogP contribution in [0.1, 0.15) is 103 Å². The minimum Gasteiger partial charge on any atom is -0.493 e. The number of rotatable bonds is 42. The fourth-order valence-electron chi connectivity index (χ4n) is 7.85. The molecule has 0 bridgehead atoms. The number of thioether (sulfide) groups is 2. The highest BCUT2D eigenvalue weighted by Gasteiger charge is 2.39. The Balaban J connectivity index is 1.30. The number of likely N-dealkylation sites (tertiary alicyclic amines) is 2. The van der Waals surface area contributed by atoms with Gasteiger partial charge in [-0.15, -0.1) is 11.8 Å². The van der Waals surface area contributed by atoms with Gasteiger partial charge in [0.2, 0.25) is 47.3 Å². The lowest BCUT2D eigenvalue weighted by Gasteiger charge is -2.24. The topological polar surface area (TPSA) is 331 Å². The minimum atomic E-state index is -1.03. The first-order chi connectivity index (χ1) is 38.1. The monoisotopic (exact) mass is 1150 g/mol. The number of esters is 1. The first-order valence-corrected chi connectivity index (χ1v) is 29.2. The molecule has 2 aliphatic rings. The Hall–Kier alpha value is -5.58. The fraction of sp³-hybridized carbons (Fsp3) is 0.692. The van der Waals surface area contributed by atoms with Crippen LogP contribution < -0.4 is 47.1 Å². The van der Waals surface area contributed by atoms with Gasteiger partial charge in [0.25, 0.3) is 0 Å². The maximum atomic E-state index is 13.4. The van der Waals surface area contributed by atoms with Gasteiger partial charge in [0.05, 0.1) is 57.3 Å². The summed E-state index contributed by atoms with van der Waals surface area (Å²) in [5, 5.41) is 15.3. The third kappa shape index (κ3) is 25.6. The normalized spacial score (nSPS) is 16.3. The second kappa shape index (κ2) is 38.9. The molecule has 2 fully saturated rings. The number of nitrogens with zero attached hydrogens (tertiary/aromatic N) is 2. The first kappa shape index (κ1) is 67.7. The third-order valence-corrected chi connectivity index (χ3v) is 14.7. The summed E-state index contributed by atoms with van der Waals surface area (Å²) in [6.45, 7) is 7.18. The number of unbranched alkanes of at least 4 members (excludes halogenated alkanes) is 2. The lowest BCUT2D eigenvalue weighted by molar-refractivity contribution is -0.141. The molecule has 2 saturated heterocycles. The molecule has 79 heavy (non-hydrogen) atoms. The minimum absolute atomic E-state index is 0.0288. The highest BCUT2D eigenvalue weighted by Crippen LogP contribution is 2.33. The fourth-order valence-corrected chi connectivity index (χ4v) is 9.61. The molecule has 3 unspecified atom stereocenters. The van der Waals surface area contributed by atoms with E-state index in [4.69, 9.17) is 34.2 Å². The van der Waals surface area contributed by atoms with E-state index in [2.05, 4.69) is 31.9 Å². The van der Waals surface area contributed by atoms with Gasteiger partial charge in [0.15, 0.2) is 11.5 Å². The van der Waals surface area contributed by atoms with Crippen molar-refractivity contribution in [1.82, 2.24) is 41.7 Å². The van der Waals surface area contributed by atoms with Gasteiger partial charge in [-0.25, -0.2) is 9.59 Å². The lowest BCUT2D eigenvalue weighted by atomic mass is 9.99. The van der Waals surface area contributed by atoms with Crippen molar-refractivity contribution in [2.45, 2.75) is 114 Å². The van der Waals surface area contributed by atoms with Crippen LogP contribution >= 0.6 is 23.5 Å². The Kier molecular flexibility index (Phi) is 33.4. The molecule has 9 amide bonds. The predicted octanol–water partition coefficient (Wildman–Crippen LogP) is 1.29. The van der Waals surface area contributed by atoms with Crippen molar-refractivity contribution in [3.63, 3.8) is 0 Å². The van der Waals surface area contributed by atoms with Gasteiger partial charge in [0, 0.05) is 83.7 Å². The maximum Gasteiger partial charge on any atom is 0.408 e. The van der Waals surface area contributed by atoms with Crippen LogP contribution in [0.25, 0.3) is 0 Å². The van der Waals surface area contributed by atoms with Crippen molar-refractivity contribution in [3.05, 3.63) is 23.8 Å². The number of nitrogens with one attached hydrogen (secondary N) is 6. The number of carbonyl (C=O) groups excluding carboxylic acids is 10. The zero-order valence-electron chi connectivity index (χ0n) is 46.3. The average Bonchev–Trinajstić information content (AvgIpc) is 3.93. The predicted molar refractivity (Wildman–Crippen MR) is 295 cm³/mol. The van der Waals surface area contributed by atoms with Crippen LogP contribution in [0.3, 0.4) is 0 Å². The zero-order chi connectivity index (χ0) is 58.0. The standard InChI is InChI=1S/C52H83N9O16S2/c1-6-35(2)48(59-45(65)12-8-7-9-18-53)51(70)76-37-14-13-36(30-38(37)72-4)39(77-52(71)58-34-54-3)33-57-44(64)17-29-79-41-32-47(67)61(50(41)69)22-16-43(63)56-20-11-24-74-26-28-75-27-25-73-23-10-19-55-42(62)15-21-60-46(66)31-40(78-5)49(60)68/h13-14,30,35,39-41,48,54H,6-12,15-29,31-34,53H2,1-5H3,(H,55,62)(H,56,63)(H,57,64)(H,58,71)(H,59,65)/t35-,39?,40?,41?,48-/m0/s1. The summed E-state index contributed by atoms with van der Waals surface area (Å²) in [5.41, 5.74) is 5.96. The summed E-state index contributed by atoms with van der Waals surface area (Å²) in [6.07, 6.45) is 4.24. The van der Waals surface area contributed by atoms with Gasteiger partial charge in [-0.3, -0.25) is 48.2 Å². The number of alkyl carbamates (subject to hydrolysis) is 1. The van der Waals surface area contributed by atoms with Crippen LogP contribution in [0.15, 0.2) is 18.2 Å². The van der Waals surface area contributed by atoms with Crippen LogP contribution in [0.5, 0.6) is 11.5 Å². The number of hydrogen-bond acceptors (Lipinski definition) is 20. The number of hydrogen-bond donors (Lipinski definition) is 7. The number of imide groups is 2. The third-order valence-electron chi connectivity index (χ3n) is 12.6. The second-order valence-electron chi connectivity index (χ2n) is 18.5. The number of nitrogens with two attached hydrogens (primary N) is 1. The van der Waals surface area contributed by atoms with Crippen molar-refractivity contribution in [3.8, 4) is 11.5 Å². The van der Waals surface area contributed by atoms with Crippen molar-refractivity contribution in [1.29, 1.82) is 0 Å². The molecule has 5 atom stereocenters. The molecule has 25 nitrogen and oxygen atoms in total. The van der Waals surface area contributed by atoms with Gasteiger partial charge in [-0.05, 0) is 69.1 Å². The maximum absolute atomic E-state index is 13.4. The molecule has 444 valence electrons. The van der Waals surface area contributed by atoms with E-state index in [9.17, 15) is 47.9 Å². The summed E-state index contributed by atoms with van der Waals surface area (Å²) in [5.74, 6) is -3.09. The molecule has 0 saturated carbocycles. The summed E-state index contributed by atoms with van der Waals surface area (Å²) >= 11 is 2.49. The average molecular weight is 1150 g/mol. The van der Waals surface area contributed by atoms with Gasteiger partial charge in [-0.2, -0.15) is 11.8 Å². The van der Waals surface area contributed by atoms with Crippen LogP contribution in [-0.2, 0) is 62.1 Å². The van der Waals surface area contributed by atoms with Crippen molar-refractivity contribution >= 4 is 82.8 Å². The van der Waals surface area contributed by atoms with Crippen LogP contribution in [0.4, 0.5) is 4.79 Å². The van der Waals surface area contributed by atoms with Crippen molar-refractivity contribution < 1.29 is 76.4 Å². The Bertz CT molecular complexity index is 2140. The van der Waals surface area contributed by atoms with E-state index in [0.29, 0.717) is 90.5 Å². The van der Waals surface area contributed by atoms with E-state index in [1.807, 2.05) is 13.8 Å². The molecule has 0 aliphatic carbocycles. The highest BCUT2D eigenvalue weighted by atomic mass is 32.2. The van der Waals surface area contributed by atoms with E-state index in [0.717, 1.165) is 34.4 Å². The number of benzene rings is 1. The quantitative estimate of drug-likeness (QED) is 0.0159. The first-order valence-electron chi connectivity index (χ1n) is 26.9. The molecule has 27 heteroatoms. The van der Waals surface area contributed by atoms with Gasteiger partial charge in [0.1, 0.15) is 12.1 Å². The molecular weight excluding hydrogens is 1070 g/mol. The summed E-state index contributed by atoms with van der Waals surface area (Å²) in [7, 11) is 3.00. The van der Waals surface area contributed by atoms with Gasteiger partial charge in [-0.1, -0.05) is 32.8 Å². The SMILES string of the molecule is CC[C@H](C)[C@H](NC(=O)CCCCCN)C(=O)Oc1ccc(C(CNC(=O)CCSC2CC(=O)N(CCC(=O)NCCCOCCOCCOCCCNC(=O)CCN3C(=O)CC(SC)C3=O)C2=O)OC(=O)NCNC)cc1OC. The molecule has 3 rings (SSSR count). The summed E-state index contributed by atoms with van der Waals surface area (Å²) in [4.78, 5) is 129. The number of ether oxygens (including phenoxy) is 6. The molecule has 0 spiro atoms. The number of carbonyl (C=O) groups is 10. The summed E-state index contributed by atoms with van der Waals surface area (Å²) < 4.78 is 33.5. The van der Waals surface area contributed by atoms with Crippen LogP contribution in [0.2, 0.25) is 0 Å². The lowest BCUT2D eigenvalue weighted by Crippen LogP contribution is -2.47. The van der Waals surface area contributed by atoms with Crippen LogP contribution in [0, 0.1) is 5.92 Å². The van der Waals surface area contributed by atoms with Crippen molar-refractivity contribution in [2.75, 3.05) is 112 Å². The Morgan fingerprint density at radius 2 is 1.29 bits per heavy atom. The second-order valence-corrected chi connectivity index (χ2v) is 20.9. The number of amides is 9. The van der Waals surface area contributed by atoms with Crippen molar-refractivity contribution in [2.24, 2.45) is 11.7 Å². The zero-order valence-corrected chi connectivity index (χ0v) is 48.0. The Morgan fingerprint density at radius 3 is 1.85 bits per heavy atom. The Labute approximate surface area is 471 Å². The van der Waals surface area contributed by atoms with E-state index in [1.54, 1.807) is 19.4 Å². The molecule has 0 aromatic heterocycles. The van der Waals surface area contributed by atoms with E-state index in [-0.39, 0.29) is 123 Å². The largest absolute Gasteiger partial charge is 0.493 e. The molecule has 1 aromatic carbocycles. The van der Waals surface area contributed by atoms with E-state index >= 15 is 0 Å². The summed E-state index contributed by atoms with van der Waals surface area (Å²) in [6, 6.07) is 3.62. The molecule has 2 aliphatic heterocycles. The van der Waals surface area contributed by atoms with Gasteiger partial charge < -0.3 is 66.1 Å². The van der Waals surface area contributed by atoms with E-state index in [1.165, 1.54) is 31.0 Å². The van der Waals surface area contributed by atoms with E-state index < -0.39 is 47.2 Å². The van der Waals surface area contributed by atoms with Gasteiger partial charge >= 0.3 is 12.1 Å².